The number of fused-ring (bicyclic) bond motifs is 1. The van der Waals surface area contributed by atoms with Crippen LogP contribution in [0, 0.1) is 21.4 Å². The summed E-state index contributed by atoms with van der Waals surface area (Å²) in [5, 5.41) is 26.7. The predicted octanol–water partition coefficient (Wildman–Crippen LogP) is 1.28. The molecule has 12 nitrogen and oxygen atoms in total. The Bertz CT molecular complexity index is 1290. The normalized spacial score (nSPS) is 12.4. The van der Waals surface area contributed by atoms with Gasteiger partial charge < -0.3 is 5.32 Å². The molecular weight excluding hydrogens is 406 g/mol. The van der Waals surface area contributed by atoms with E-state index in [2.05, 4.69) is 15.4 Å². The zero-order valence-corrected chi connectivity index (χ0v) is 15.6. The van der Waals surface area contributed by atoms with Gasteiger partial charge in [0, 0.05) is 18.3 Å². The summed E-state index contributed by atoms with van der Waals surface area (Å²) in [4.78, 5) is 52.7. The second-order valence-corrected chi connectivity index (χ2v) is 6.35. The molecule has 1 N–H and O–H groups in total. The Morgan fingerprint density at radius 3 is 2.65 bits per heavy atom. The van der Waals surface area contributed by atoms with Crippen LogP contribution in [0.2, 0.25) is 0 Å². The lowest BCUT2D eigenvalue weighted by molar-refractivity contribution is -0.384. The maximum atomic E-state index is 12.6. The van der Waals surface area contributed by atoms with Crippen molar-refractivity contribution in [1.82, 2.24) is 19.7 Å². The van der Waals surface area contributed by atoms with E-state index in [1.54, 1.807) is 18.2 Å². The molecule has 31 heavy (non-hydrogen) atoms. The number of hydrogen-bond acceptors (Lipinski definition) is 8. The molecule has 0 unspecified atom stereocenters. The van der Waals surface area contributed by atoms with Crippen molar-refractivity contribution in [2.75, 3.05) is 11.9 Å². The summed E-state index contributed by atoms with van der Waals surface area (Å²) in [6.45, 7) is -0.654. The quantitative estimate of drug-likeness (QED) is 0.368. The Labute approximate surface area is 173 Å². The number of carbonyl (C=O) groups is 3. The van der Waals surface area contributed by atoms with E-state index < -0.39 is 29.2 Å². The fourth-order valence-corrected chi connectivity index (χ4v) is 3.05. The lowest BCUT2D eigenvalue weighted by Gasteiger charge is -2.14. The molecule has 0 saturated carbocycles. The van der Waals surface area contributed by atoms with Crippen LogP contribution >= 0.6 is 0 Å². The van der Waals surface area contributed by atoms with Crippen molar-refractivity contribution in [3.05, 3.63) is 75.6 Å². The lowest BCUT2D eigenvalue weighted by Crippen LogP contribution is -2.37. The van der Waals surface area contributed by atoms with Gasteiger partial charge in [-0.3, -0.25) is 29.4 Å². The topological polar surface area (TPSA) is 164 Å². The molecule has 0 radical (unpaired) electrons. The van der Waals surface area contributed by atoms with Gasteiger partial charge >= 0.3 is 0 Å². The average Bonchev–Trinajstić information content (AvgIpc) is 3.28. The first kappa shape index (κ1) is 19.4. The third-order valence-corrected chi connectivity index (χ3v) is 4.48. The first-order chi connectivity index (χ1) is 14.9. The number of nitrogens with zero attached hydrogens (tertiary/aromatic N) is 6. The number of benzene rings is 1. The molecule has 1 aromatic carbocycles. The molecular formula is C19H11N7O5. The average molecular weight is 417 g/mol. The minimum absolute atomic E-state index is 0.0263. The molecule has 0 spiro atoms. The van der Waals surface area contributed by atoms with Crippen LogP contribution in [0.1, 0.15) is 26.3 Å². The number of rotatable bonds is 5. The molecule has 2 aromatic heterocycles. The molecule has 4 rings (SSSR count). The van der Waals surface area contributed by atoms with Crippen LogP contribution in [0.3, 0.4) is 0 Å². The molecule has 0 bridgehead atoms. The summed E-state index contributed by atoms with van der Waals surface area (Å²) in [6, 6.07) is 10.2. The summed E-state index contributed by atoms with van der Waals surface area (Å²) in [7, 11) is 0. The largest absolute Gasteiger partial charge is 0.308 e. The second-order valence-electron chi connectivity index (χ2n) is 6.35. The van der Waals surface area contributed by atoms with Crippen molar-refractivity contribution < 1.29 is 19.3 Å². The van der Waals surface area contributed by atoms with Crippen LogP contribution in [0.25, 0.3) is 5.82 Å². The molecule has 12 heteroatoms. The van der Waals surface area contributed by atoms with Crippen molar-refractivity contribution in [3.8, 4) is 11.9 Å². The third kappa shape index (κ3) is 3.36. The highest BCUT2D eigenvalue weighted by Gasteiger charge is 2.38. The van der Waals surface area contributed by atoms with Crippen molar-refractivity contribution in [1.29, 1.82) is 5.26 Å². The van der Waals surface area contributed by atoms with Gasteiger partial charge in [-0.15, -0.1) is 0 Å². The van der Waals surface area contributed by atoms with Gasteiger partial charge in [0.25, 0.3) is 17.5 Å². The summed E-state index contributed by atoms with van der Waals surface area (Å²) in [6.07, 6.45) is 2.75. The molecule has 152 valence electrons. The molecule has 0 fully saturated rings. The summed E-state index contributed by atoms with van der Waals surface area (Å²) < 4.78 is 1.24. The van der Waals surface area contributed by atoms with Crippen LogP contribution in [-0.4, -0.2) is 48.9 Å². The number of anilines is 1. The van der Waals surface area contributed by atoms with Crippen molar-refractivity contribution >= 4 is 29.2 Å². The summed E-state index contributed by atoms with van der Waals surface area (Å²) in [5.74, 6) is -1.97. The van der Waals surface area contributed by atoms with Crippen LogP contribution in [0.4, 0.5) is 11.5 Å². The van der Waals surface area contributed by atoms with E-state index in [9.17, 15) is 29.8 Å². The molecule has 1 aliphatic heterocycles. The van der Waals surface area contributed by atoms with E-state index in [1.807, 2.05) is 6.07 Å². The number of hydrogen-bond donors (Lipinski definition) is 1. The Morgan fingerprint density at radius 2 is 1.97 bits per heavy atom. The van der Waals surface area contributed by atoms with E-state index in [1.165, 1.54) is 23.1 Å². The van der Waals surface area contributed by atoms with Gasteiger partial charge in [-0.05, 0) is 18.2 Å². The van der Waals surface area contributed by atoms with Gasteiger partial charge in [0.2, 0.25) is 5.91 Å². The highest BCUT2D eigenvalue weighted by atomic mass is 16.6. The maximum absolute atomic E-state index is 12.6. The number of nitriles is 1. The van der Waals surface area contributed by atoms with Crippen LogP contribution in [0.5, 0.6) is 0 Å². The Kier molecular flexibility index (Phi) is 4.68. The number of pyridine rings is 1. The van der Waals surface area contributed by atoms with Crippen molar-refractivity contribution in [2.45, 2.75) is 0 Å². The van der Waals surface area contributed by atoms with Crippen LogP contribution in [-0.2, 0) is 4.79 Å². The Hall–Kier alpha value is -4.92. The van der Waals surface area contributed by atoms with Gasteiger partial charge in [0.1, 0.15) is 18.2 Å². The maximum Gasteiger partial charge on any atom is 0.270 e. The van der Waals surface area contributed by atoms with Gasteiger partial charge in [-0.25, -0.2) is 4.98 Å². The summed E-state index contributed by atoms with van der Waals surface area (Å²) in [5.41, 5.74) is -0.469. The van der Waals surface area contributed by atoms with E-state index in [0.29, 0.717) is 10.7 Å². The number of nitrogens with one attached hydrogen (secondary N) is 1. The molecule has 3 aromatic rings. The molecule has 0 aliphatic carbocycles. The summed E-state index contributed by atoms with van der Waals surface area (Å²) >= 11 is 0. The van der Waals surface area contributed by atoms with E-state index >= 15 is 0 Å². The Balaban J connectivity index is 1.57. The smallest absolute Gasteiger partial charge is 0.270 e. The van der Waals surface area contributed by atoms with Gasteiger partial charge in [0.05, 0.1) is 22.2 Å². The molecule has 0 atom stereocenters. The lowest BCUT2D eigenvalue weighted by atomic mass is 10.1. The first-order valence-corrected chi connectivity index (χ1v) is 8.74. The molecule has 3 heterocycles. The second kappa shape index (κ2) is 7.48. The zero-order chi connectivity index (χ0) is 22.1. The number of nitro groups is 1. The van der Waals surface area contributed by atoms with Gasteiger partial charge in [-0.2, -0.15) is 15.0 Å². The van der Waals surface area contributed by atoms with Gasteiger partial charge in [0.15, 0.2) is 11.6 Å². The highest BCUT2D eigenvalue weighted by molar-refractivity contribution is 6.23. The molecule has 0 saturated heterocycles. The standard InChI is InChI=1S/C19H11N7O5/c20-8-11-9-22-25(15-3-1-2-6-21-15)17(11)23-16(27)10-24-18(28)13-5-4-12(26(30)31)7-14(13)19(24)29/h1-7,9H,10H2,(H,23,27). The third-order valence-electron chi connectivity index (χ3n) is 4.48. The van der Waals surface area contributed by atoms with Gasteiger partial charge in [-0.1, -0.05) is 6.07 Å². The van der Waals surface area contributed by atoms with E-state index in [0.717, 1.165) is 12.1 Å². The highest BCUT2D eigenvalue weighted by Crippen LogP contribution is 2.27. The first-order valence-electron chi connectivity index (χ1n) is 8.74. The molecule has 3 amide bonds. The Morgan fingerprint density at radius 1 is 1.19 bits per heavy atom. The number of aromatic nitrogens is 3. The fraction of sp³-hybridized carbons (Fsp3) is 0.0526. The SMILES string of the molecule is N#Cc1cnn(-c2ccccn2)c1NC(=O)CN1C(=O)c2ccc([N+](=O)[O-])cc2C1=O. The number of imide groups is 1. The number of amides is 3. The van der Waals surface area contributed by atoms with Crippen molar-refractivity contribution in [2.24, 2.45) is 0 Å². The van der Waals surface area contributed by atoms with Crippen molar-refractivity contribution in [3.63, 3.8) is 0 Å². The predicted molar refractivity (Wildman–Crippen MR) is 103 cm³/mol. The minimum Gasteiger partial charge on any atom is -0.308 e. The van der Waals surface area contributed by atoms with Crippen LogP contribution < -0.4 is 5.32 Å². The van der Waals surface area contributed by atoms with E-state index in [-0.39, 0.29) is 28.2 Å². The monoisotopic (exact) mass is 417 g/mol. The number of nitro benzene ring substituents is 1. The minimum atomic E-state index is -0.822. The van der Waals surface area contributed by atoms with E-state index in [4.69, 9.17) is 0 Å². The number of carbonyl (C=O) groups excluding carboxylic acids is 3. The fourth-order valence-electron chi connectivity index (χ4n) is 3.05. The number of non-ortho nitro benzene ring substituents is 1. The van der Waals surface area contributed by atoms with Crippen LogP contribution in [0.15, 0.2) is 48.8 Å². The molecule has 1 aliphatic rings. The zero-order valence-electron chi connectivity index (χ0n) is 15.6.